The third kappa shape index (κ3) is 10.9. The lowest BCUT2D eigenvalue weighted by Crippen LogP contribution is -2.68. The van der Waals surface area contributed by atoms with Crippen molar-refractivity contribution < 1.29 is 23.1 Å². The van der Waals surface area contributed by atoms with Gasteiger partial charge in [0, 0.05) is 19.4 Å². The molecule has 0 saturated carbocycles. The molecule has 0 bridgehead atoms. The van der Waals surface area contributed by atoms with Gasteiger partial charge in [0.15, 0.2) is 8.32 Å². The first-order chi connectivity index (χ1) is 23.9. The molecule has 0 aliphatic heterocycles. The average Bonchev–Trinajstić information content (AvgIpc) is 3.09. The number of halogens is 1. The molecule has 0 aromatic heterocycles. The summed E-state index contributed by atoms with van der Waals surface area (Å²) >= 11 is 2.31. The number of benzene rings is 3. The molecule has 0 aliphatic carbocycles. The largest absolute Gasteiger partial charge is 0.458 e. The van der Waals surface area contributed by atoms with Gasteiger partial charge in [0.1, 0.15) is 6.61 Å². The minimum atomic E-state index is -2.96. The number of methoxy groups -OCH3 is 1. The number of esters is 1. The Labute approximate surface area is 324 Å². The Morgan fingerprint density at radius 1 is 0.765 bits per heavy atom. The van der Waals surface area contributed by atoms with Crippen molar-refractivity contribution in [3.63, 3.8) is 0 Å². The lowest BCUT2D eigenvalue weighted by Gasteiger charge is -2.48. The van der Waals surface area contributed by atoms with Crippen LogP contribution in [0.2, 0.25) is 23.2 Å². The monoisotopic (exact) mass is 840 g/mol. The number of carbonyl (C=O) groups is 1. The molecule has 8 heteroatoms. The zero-order valence-electron chi connectivity index (χ0n) is 33.0. The number of hydrogen-bond donors (Lipinski definition) is 0. The van der Waals surface area contributed by atoms with Crippen LogP contribution in [0.1, 0.15) is 79.1 Å². The normalized spacial score (nSPS) is 15.9. The maximum absolute atomic E-state index is 12.8. The van der Waals surface area contributed by atoms with E-state index in [-0.39, 0.29) is 46.9 Å². The molecule has 0 saturated heterocycles. The van der Waals surface area contributed by atoms with Gasteiger partial charge in [-0.25, -0.2) is 4.79 Å². The van der Waals surface area contributed by atoms with Gasteiger partial charge in [-0.05, 0) is 80.8 Å². The van der Waals surface area contributed by atoms with Crippen molar-refractivity contribution in [2.75, 3.05) is 13.7 Å². The molecule has 278 valence electrons. The highest BCUT2D eigenvalue weighted by Gasteiger charge is 2.53. The molecule has 0 heterocycles. The van der Waals surface area contributed by atoms with Crippen LogP contribution in [0.25, 0.3) is 0 Å². The van der Waals surface area contributed by atoms with Gasteiger partial charge in [-0.3, -0.25) is 0 Å². The molecule has 5 nitrogen and oxygen atoms in total. The smallest absolute Gasteiger partial charge is 0.338 e. The van der Waals surface area contributed by atoms with Crippen LogP contribution in [0.5, 0.6) is 0 Å². The number of carbonyl (C=O) groups excluding carboxylic acids is 1. The first-order valence-electron chi connectivity index (χ1n) is 18.0. The summed E-state index contributed by atoms with van der Waals surface area (Å²) < 4.78 is 29.3. The number of hydrogen-bond acceptors (Lipinski definition) is 5. The van der Waals surface area contributed by atoms with E-state index in [1.807, 2.05) is 24.3 Å². The minimum absolute atomic E-state index is 0.0130. The Balaban J connectivity index is 2.21. The standard InChI is InChI=1S/C43H61IO5Si2/c1-32(28-29-47-41(45)35-22-16-13-17-23-35)38(48-50(11,12)42(4,5)6)30-39(34(3)40(46-10)33(2)31-44)49-51(43(7,8)9,36-24-18-14-19-25-36)37-26-20-15-21-27-37/h13-28,31,34,38-40H,29-30H2,1-12H3/b32-28+,33-31+/t34-,38?,39-,40-/m0/s1. The second-order valence-electron chi connectivity index (χ2n) is 16.2. The van der Waals surface area contributed by atoms with Crippen molar-refractivity contribution in [3.8, 4) is 0 Å². The average molecular weight is 841 g/mol. The molecule has 51 heavy (non-hydrogen) atoms. The molecule has 0 radical (unpaired) electrons. The van der Waals surface area contributed by atoms with Crippen LogP contribution in [0.15, 0.2) is 112 Å². The van der Waals surface area contributed by atoms with E-state index >= 15 is 0 Å². The molecule has 0 amide bonds. The van der Waals surface area contributed by atoms with Crippen LogP contribution < -0.4 is 10.4 Å². The van der Waals surface area contributed by atoms with Crippen molar-refractivity contribution >= 4 is 55.6 Å². The van der Waals surface area contributed by atoms with Gasteiger partial charge in [0.05, 0.1) is 23.9 Å². The zero-order valence-corrected chi connectivity index (χ0v) is 37.1. The maximum atomic E-state index is 12.8. The van der Waals surface area contributed by atoms with E-state index in [1.54, 1.807) is 19.2 Å². The summed E-state index contributed by atoms with van der Waals surface area (Å²) in [6, 6.07) is 30.8. The lowest BCUT2D eigenvalue weighted by molar-refractivity contribution is 0.00380. The van der Waals surface area contributed by atoms with Crippen LogP contribution in [-0.4, -0.2) is 54.6 Å². The van der Waals surface area contributed by atoms with Gasteiger partial charge in [-0.1, -0.05) is 150 Å². The summed E-state index contributed by atoms with van der Waals surface area (Å²) in [6.07, 6.45) is 1.94. The van der Waals surface area contributed by atoms with Crippen molar-refractivity contribution in [2.45, 2.75) is 110 Å². The van der Waals surface area contributed by atoms with E-state index in [2.05, 4.69) is 163 Å². The molecular weight excluding hydrogens is 780 g/mol. The van der Waals surface area contributed by atoms with Gasteiger partial charge in [0.2, 0.25) is 0 Å². The van der Waals surface area contributed by atoms with E-state index in [0.29, 0.717) is 12.0 Å². The van der Waals surface area contributed by atoms with Crippen LogP contribution >= 0.6 is 22.6 Å². The molecule has 0 fully saturated rings. The van der Waals surface area contributed by atoms with E-state index in [1.165, 1.54) is 10.4 Å². The predicted octanol–water partition coefficient (Wildman–Crippen LogP) is 10.5. The summed E-state index contributed by atoms with van der Waals surface area (Å²) in [5.74, 6) is -0.357. The summed E-state index contributed by atoms with van der Waals surface area (Å²) in [6.45, 7) is 25.0. The first kappa shape index (κ1) is 43.1. The molecule has 0 spiro atoms. The van der Waals surface area contributed by atoms with E-state index < -0.39 is 16.6 Å². The van der Waals surface area contributed by atoms with E-state index in [4.69, 9.17) is 18.3 Å². The van der Waals surface area contributed by atoms with Gasteiger partial charge in [-0.15, -0.1) is 0 Å². The second kappa shape index (κ2) is 18.6. The Morgan fingerprint density at radius 3 is 1.69 bits per heavy atom. The van der Waals surface area contributed by atoms with Gasteiger partial charge in [0.25, 0.3) is 8.32 Å². The quantitative estimate of drug-likeness (QED) is 0.0623. The first-order valence-corrected chi connectivity index (χ1v) is 24.1. The van der Waals surface area contributed by atoms with Crippen molar-refractivity contribution in [3.05, 3.63) is 118 Å². The van der Waals surface area contributed by atoms with Crippen molar-refractivity contribution in [2.24, 2.45) is 5.92 Å². The highest BCUT2D eigenvalue weighted by atomic mass is 127. The molecular formula is C43H61IO5Si2. The third-order valence-corrected chi connectivity index (χ3v) is 21.0. The summed E-state index contributed by atoms with van der Waals surface area (Å²) in [5, 5.41) is 2.24. The van der Waals surface area contributed by atoms with Crippen molar-refractivity contribution in [1.82, 2.24) is 0 Å². The molecule has 0 aliphatic rings. The fourth-order valence-electron chi connectivity index (χ4n) is 6.47. The molecule has 1 unspecified atom stereocenters. The Morgan fingerprint density at radius 2 is 1.25 bits per heavy atom. The maximum Gasteiger partial charge on any atom is 0.338 e. The summed E-state index contributed by atoms with van der Waals surface area (Å²) in [7, 11) is -3.44. The topological polar surface area (TPSA) is 54.0 Å². The molecule has 0 N–H and O–H groups in total. The van der Waals surface area contributed by atoms with Crippen molar-refractivity contribution in [1.29, 1.82) is 0 Å². The van der Waals surface area contributed by atoms with Gasteiger partial charge >= 0.3 is 5.97 Å². The Bertz CT molecular complexity index is 1540. The number of rotatable bonds is 16. The molecule has 3 rings (SSSR count). The fourth-order valence-corrected chi connectivity index (χ4v) is 13.0. The Kier molecular flexibility index (Phi) is 15.7. The van der Waals surface area contributed by atoms with Gasteiger partial charge < -0.3 is 18.3 Å². The molecule has 4 atom stereocenters. The van der Waals surface area contributed by atoms with Gasteiger partial charge in [-0.2, -0.15) is 0 Å². The van der Waals surface area contributed by atoms with E-state index in [0.717, 1.165) is 11.1 Å². The molecule has 3 aromatic rings. The van der Waals surface area contributed by atoms with Crippen LogP contribution in [0.4, 0.5) is 0 Å². The SMILES string of the molecule is CO[C@@H](/C(C)=C/I)[C@@H](C)[C@H](CC(O[Si](C)(C)C(C)(C)C)/C(C)=C/COC(=O)c1ccccc1)O[Si](c1ccccc1)(c1ccccc1)C(C)(C)C. The highest BCUT2D eigenvalue weighted by Crippen LogP contribution is 2.42. The lowest BCUT2D eigenvalue weighted by atomic mass is 9.89. The highest BCUT2D eigenvalue weighted by molar-refractivity contribution is 14.1. The van der Waals surface area contributed by atoms with Crippen LogP contribution in [0, 0.1) is 5.92 Å². The minimum Gasteiger partial charge on any atom is -0.458 e. The third-order valence-electron chi connectivity index (χ3n) is 10.5. The van der Waals surface area contributed by atoms with Crippen LogP contribution in [0.3, 0.4) is 0 Å². The Hall–Kier alpha value is -2.35. The van der Waals surface area contributed by atoms with E-state index in [9.17, 15) is 4.79 Å². The van der Waals surface area contributed by atoms with Crippen LogP contribution in [-0.2, 0) is 18.3 Å². The summed E-state index contributed by atoms with van der Waals surface area (Å²) in [4.78, 5) is 12.8. The second-order valence-corrected chi connectivity index (χ2v) is 25.8. The number of ether oxygens (including phenoxy) is 2. The molecule has 3 aromatic carbocycles. The predicted molar refractivity (Wildman–Crippen MR) is 227 cm³/mol. The fraction of sp³-hybridized carbons (Fsp3) is 0.465. The summed E-state index contributed by atoms with van der Waals surface area (Å²) in [5.41, 5.74) is 2.72. The zero-order chi connectivity index (χ0) is 38.0.